The van der Waals surface area contributed by atoms with E-state index in [4.69, 9.17) is 9.47 Å². The average molecular weight is 242 g/mol. The molecule has 1 heterocycles. The van der Waals surface area contributed by atoms with E-state index < -0.39 is 23.6 Å². The minimum absolute atomic E-state index is 0.422. The quantitative estimate of drug-likeness (QED) is 0.684. The zero-order chi connectivity index (χ0) is 12.9. The van der Waals surface area contributed by atoms with Gasteiger partial charge in [0.2, 0.25) is 5.54 Å². The molecule has 0 saturated carbocycles. The van der Waals surface area contributed by atoms with Crippen LogP contribution in [0.4, 0.5) is 0 Å². The van der Waals surface area contributed by atoms with Crippen LogP contribution in [0.3, 0.4) is 0 Å². The topological polar surface area (TPSA) is 77.3 Å². The van der Waals surface area contributed by atoms with Gasteiger partial charge < -0.3 is 9.47 Å². The number of hydrogen-bond acceptors (Lipinski definition) is 6. The molecule has 17 heavy (non-hydrogen) atoms. The molecule has 0 radical (unpaired) electrons. The molecule has 0 aromatic rings. The van der Waals surface area contributed by atoms with Crippen molar-refractivity contribution in [3.63, 3.8) is 0 Å². The maximum absolute atomic E-state index is 11.9. The predicted octanol–water partition coefficient (Wildman–Crippen LogP) is 1.49. The van der Waals surface area contributed by atoms with Crippen molar-refractivity contribution in [2.75, 3.05) is 13.7 Å². The van der Waals surface area contributed by atoms with Gasteiger partial charge in [-0.05, 0) is 6.42 Å². The van der Waals surface area contributed by atoms with Crippen molar-refractivity contribution in [3.8, 4) is 0 Å². The van der Waals surface area contributed by atoms with Crippen molar-refractivity contribution in [3.05, 3.63) is 0 Å². The first kappa shape index (κ1) is 13.6. The normalized spacial score (nSPS) is 24.4. The van der Waals surface area contributed by atoms with Gasteiger partial charge in [0.1, 0.15) is 6.10 Å². The van der Waals surface area contributed by atoms with Crippen LogP contribution in [0.5, 0.6) is 0 Å². The lowest BCUT2D eigenvalue weighted by Crippen LogP contribution is -2.49. The third kappa shape index (κ3) is 2.81. The zero-order valence-corrected chi connectivity index (χ0v) is 10.4. The van der Waals surface area contributed by atoms with Crippen LogP contribution in [-0.4, -0.2) is 37.2 Å². The van der Waals surface area contributed by atoms with E-state index in [9.17, 15) is 9.59 Å². The van der Waals surface area contributed by atoms with Crippen molar-refractivity contribution in [1.82, 2.24) is 0 Å². The Kier molecular flexibility index (Phi) is 4.60. The van der Waals surface area contributed by atoms with E-state index in [0.717, 1.165) is 6.42 Å². The van der Waals surface area contributed by atoms with Crippen molar-refractivity contribution < 1.29 is 19.1 Å². The number of ether oxygens (including phenoxy) is 2. The van der Waals surface area contributed by atoms with Gasteiger partial charge >= 0.3 is 11.9 Å². The number of esters is 2. The fraction of sp³-hybridized carbons (Fsp3) is 0.818. The first-order valence-electron chi connectivity index (χ1n) is 5.71. The number of carbonyl (C=O) groups excluding carboxylic acids is 2. The zero-order valence-electron chi connectivity index (χ0n) is 10.4. The van der Waals surface area contributed by atoms with Crippen LogP contribution in [-0.2, 0) is 19.1 Å². The Bertz CT molecular complexity index is 329. The summed E-state index contributed by atoms with van der Waals surface area (Å²) in [5.74, 6) is -0.910. The van der Waals surface area contributed by atoms with E-state index in [1.54, 1.807) is 0 Å². The number of azo groups is 1. The van der Waals surface area contributed by atoms with Crippen LogP contribution in [0.2, 0.25) is 0 Å². The molecule has 0 saturated heterocycles. The molecule has 0 aliphatic carbocycles. The van der Waals surface area contributed by atoms with Crippen LogP contribution in [0.25, 0.3) is 0 Å². The summed E-state index contributed by atoms with van der Waals surface area (Å²) in [7, 11) is 1.30. The lowest BCUT2D eigenvalue weighted by atomic mass is 9.87. The third-order valence-corrected chi connectivity index (χ3v) is 2.77. The van der Waals surface area contributed by atoms with Crippen LogP contribution in [0.1, 0.15) is 33.1 Å². The van der Waals surface area contributed by atoms with Crippen LogP contribution in [0.15, 0.2) is 10.2 Å². The molecular formula is C11H18N2O4. The molecule has 0 spiro atoms. The molecule has 0 aromatic carbocycles. The summed E-state index contributed by atoms with van der Waals surface area (Å²) in [6, 6.07) is 0. The van der Waals surface area contributed by atoms with Crippen molar-refractivity contribution in [2.45, 2.75) is 44.8 Å². The Labute approximate surface area is 100 Å². The SMILES string of the molecule is CCC[C@H](OC(C)=O)[C@@]1(C(=O)OC)CCN=N1. The molecule has 0 unspecified atom stereocenters. The molecule has 6 heteroatoms. The fourth-order valence-electron chi connectivity index (χ4n) is 1.98. The molecule has 1 aliphatic heterocycles. The van der Waals surface area contributed by atoms with E-state index in [-0.39, 0.29) is 0 Å². The number of carbonyl (C=O) groups is 2. The highest BCUT2D eigenvalue weighted by Gasteiger charge is 2.51. The Morgan fingerprint density at radius 2 is 2.18 bits per heavy atom. The van der Waals surface area contributed by atoms with E-state index in [2.05, 4.69) is 10.2 Å². The maximum atomic E-state index is 11.9. The molecule has 2 atom stereocenters. The first-order valence-corrected chi connectivity index (χ1v) is 5.71. The molecule has 6 nitrogen and oxygen atoms in total. The van der Waals surface area contributed by atoms with Crippen molar-refractivity contribution >= 4 is 11.9 Å². The van der Waals surface area contributed by atoms with E-state index >= 15 is 0 Å². The van der Waals surface area contributed by atoms with Gasteiger partial charge in [0, 0.05) is 13.3 Å². The van der Waals surface area contributed by atoms with Gasteiger partial charge in [-0.25, -0.2) is 4.79 Å². The molecule has 0 fully saturated rings. The summed E-state index contributed by atoms with van der Waals surface area (Å²) >= 11 is 0. The number of methoxy groups -OCH3 is 1. The minimum atomic E-state index is -1.14. The summed E-state index contributed by atoms with van der Waals surface area (Å²) < 4.78 is 9.97. The van der Waals surface area contributed by atoms with Gasteiger partial charge in [0.05, 0.1) is 13.7 Å². The highest BCUT2D eigenvalue weighted by atomic mass is 16.6. The third-order valence-electron chi connectivity index (χ3n) is 2.77. The number of rotatable bonds is 5. The van der Waals surface area contributed by atoms with E-state index in [1.165, 1.54) is 14.0 Å². The minimum Gasteiger partial charge on any atom is -0.467 e. The van der Waals surface area contributed by atoms with E-state index in [1.807, 2.05) is 6.92 Å². The number of nitrogens with zero attached hydrogens (tertiary/aromatic N) is 2. The summed E-state index contributed by atoms with van der Waals surface area (Å²) in [6.07, 6.45) is 1.18. The highest BCUT2D eigenvalue weighted by molar-refractivity contribution is 5.82. The smallest absolute Gasteiger partial charge is 0.339 e. The van der Waals surface area contributed by atoms with Gasteiger partial charge in [-0.2, -0.15) is 10.2 Å². The van der Waals surface area contributed by atoms with Crippen LogP contribution >= 0.6 is 0 Å². The molecule has 96 valence electrons. The second kappa shape index (κ2) is 5.75. The lowest BCUT2D eigenvalue weighted by molar-refractivity contribution is -0.161. The Balaban J connectivity index is 2.96. The van der Waals surface area contributed by atoms with Crippen LogP contribution < -0.4 is 0 Å². The molecule has 1 aliphatic rings. The Morgan fingerprint density at radius 3 is 2.59 bits per heavy atom. The monoisotopic (exact) mass is 242 g/mol. The number of hydrogen-bond donors (Lipinski definition) is 0. The molecule has 0 N–H and O–H groups in total. The second-order valence-corrected chi connectivity index (χ2v) is 4.02. The van der Waals surface area contributed by atoms with Crippen LogP contribution in [0, 0.1) is 0 Å². The first-order chi connectivity index (χ1) is 8.06. The van der Waals surface area contributed by atoms with Gasteiger partial charge in [-0.15, -0.1) is 0 Å². The molecule has 0 amide bonds. The summed E-state index contributed by atoms with van der Waals surface area (Å²) in [4.78, 5) is 23.0. The molecule has 0 aromatic heterocycles. The Hall–Kier alpha value is -1.46. The predicted molar refractivity (Wildman–Crippen MR) is 59.5 cm³/mol. The summed E-state index contributed by atoms with van der Waals surface area (Å²) in [5.41, 5.74) is -1.14. The largest absolute Gasteiger partial charge is 0.467 e. The molecule has 1 rings (SSSR count). The standard InChI is InChI=1S/C11H18N2O4/c1-4-5-9(17-8(2)14)11(10(15)16-3)6-7-12-13-11/h9H,4-7H2,1-3H3/t9-,11+/m0/s1. The van der Waals surface area contributed by atoms with Gasteiger partial charge in [-0.1, -0.05) is 13.3 Å². The summed E-state index contributed by atoms with van der Waals surface area (Å²) in [6.45, 7) is 3.73. The van der Waals surface area contributed by atoms with Gasteiger partial charge in [0.15, 0.2) is 0 Å². The van der Waals surface area contributed by atoms with Crippen molar-refractivity contribution in [2.24, 2.45) is 10.2 Å². The second-order valence-electron chi connectivity index (χ2n) is 4.02. The maximum Gasteiger partial charge on any atom is 0.339 e. The molecular weight excluding hydrogens is 224 g/mol. The Morgan fingerprint density at radius 1 is 1.47 bits per heavy atom. The van der Waals surface area contributed by atoms with Gasteiger partial charge in [-0.3, -0.25) is 4.79 Å². The molecule has 0 bridgehead atoms. The van der Waals surface area contributed by atoms with E-state index in [0.29, 0.717) is 19.4 Å². The lowest BCUT2D eigenvalue weighted by Gasteiger charge is -2.30. The highest BCUT2D eigenvalue weighted by Crippen LogP contribution is 2.32. The fourth-order valence-corrected chi connectivity index (χ4v) is 1.98. The summed E-state index contributed by atoms with van der Waals surface area (Å²) in [5, 5.41) is 7.83. The average Bonchev–Trinajstić information content (AvgIpc) is 2.77. The van der Waals surface area contributed by atoms with Gasteiger partial charge in [0.25, 0.3) is 0 Å². The van der Waals surface area contributed by atoms with Crippen molar-refractivity contribution in [1.29, 1.82) is 0 Å².